The van der Waals surface area contributed by atoms with Crippen LogP contribution in [0.2, 0.25) is 0 Å². The van der Waals surface area contributed by atoms with Crippen LogP contribution in [0.1, 0.15) is 25.3 Å². The van der Waals surface area contributed by atoms with Crippen molar-refractivity contribution in [2.24, 2.45) is 0 Å². The molecule has 1 atom stereocenters. The molecule has 1 rings (SSSR count). The highest BCUT2D eigenvalue weighted by molar-refractivity contribution is 5.78. The Kier molecular flexibility index (Phi) is 5.20. The van der Waals surface area contributed by atoms with Crippen LogP contribution in [0.25, 0.3) is 0 Å². The highest BCUT2D eigenvalue weighted by Crippen LogP contribution is 2.17. The maximum absolute atomic E-state index is 11.7. The topological polar surface area (TPSA) is 52.6 Å². The zero-order valence-corrected chi connectivity index (χ0v) is 10.0. The number of hydrogen-bond acceptors (Lipinski definition) is 4. The van der Waals surface area contributed by atoms with Crippen molar-refractivity contribution in [2.45, 2.75) is 19.8 Å². The lowest BCUT2D eigenvalue weighted by Crippen LogP contribution is -2.22. The quantitative estimate of drug-likeness (QED) is 0.733. The first-order chi connectivity index (χ1) is 8.15. The fraction of sp³-hybridized carbons (Fsp3) is 0.385. The molecule has 0 N–H and O–H groups in total. The number of hydrogen-bond donors (Lipinski definition) is 0. The molecule has 0 unspecified atom stereocenters. The molecule has 0 bridgehead atoms. The van der Waals surface area contributed by atoms with Crippen molar-refractivity contribution < 1.29 is 19.1 Å². The third kappa shape index (κ3) is 4.26. The van der Waals surface area contributed by atoms with E-state index in [4.69, 9.17) is 9.47 Å². The lowest BCUT2D eigenvalue weighted by atomic mass is 10.0. The minimum Gasteiger partial charge on any atom is -0.465 e. The molecule has 17 heavy (non-hydrogen) atoms. The summed E-state index contributed by atoms with van der Waals surface area (Å²) >= 11 is 0. The van der Waals surface area contributed by atoms with E-state index in [0.29, 0.717) is 6.61 Å². The largest absolute Gasteiger partial charge is 0.465 e. The standard InChI is InChI=1S/C13H16O4/c1-3-16-13(15)12(9-17-10(2)14)11-7-5-4-6-8-11/h4-8,12H,3,9H2,1-2H3/t12-/m1/s1. The van der Waals surface area contributed by atoms with Crippen molar-refractivity contribution >= 4 is 11.9 Å². The molecule has 92 valence electrons. The second-order valence-electron chi connectivity index (χ2n) is 3.52. The van der Waals surface area contributed by atoms with Crippen molar-refractivity contribution in [3.63, 3.8) is 0 Å². The van der Waals surface area contributed by atoms with Gasteiger partial charge in [-0.15, -0.1) is 0 Å². The highest BCUT2D eigenvalue weighted by atomic mass is 16.5. The molecule has 1 aromatic carbocycles. The van der Waals surface area contributed by atoms with Crippen molar-refractivity contribution in [1.82, 2.24) is 0 Å². The molecule has 0 saturated carbocycles. The number of carbonyl (C=O) groups is 2. The Hall–Kier alpha value is -1.84. The van der Waals surface area contributed by atoms with Crippen molar-refractivity contribution in [2.75, 3.05) is 13.2 Å². The molecular weight excluding hydrogens is 220 g/mol. The van der Waals surface area contributed by atoms with Crippen LogP contribution in [0.15, 0.2) is 30.3 Å². The number of benzene rings is 1. The van der Waals surface area contributed by atoms with E-state index in [-0.39, 0.29) is 12.6 Å². The second-order valence-corrected chi connectivity index (χ2v) is 3.52. The fourth-order valence-corrected chi connectivity index (χ4v) is 1.43. The van der Waals surface area contributed by atoms with Gasteiger partial charge in [0.25, 0.3) is 0 Å². The predicted molar refractivity (Wildman–Crippen MR) is 62.4 cm³/mol. The van der Waals surface area contributed by atoms with Crippen LogP contribution in [0, 0.1) is 0 Å². The summed E-state index contributed by atoms with van der Waals surface area (Å²) in [6.45, 7) is 3.37. The molecule has 0 heterocycles. The Balaban J connectivity index is 2.78. The minimum absolute atomic E-state index is 0.0121. The summed E-state index contributed by atoms with van der Waals surface area (Å²) in [7, 11) is 0. The van der Waals surface area contributed by atoms with Gasteiger partial charge in [-0.2, -0.15) is 0 Å². The van der Waals surface area contributed by atoms with Crippen LogP contribution in [0.5, 0.6) is 0 Å². The number of esters is 2. The summed E-state index contributed by atoms with van der Waals surface area (Å²) in [4.78, 5) is 22.5. The second kappa shape index (κ2) is 6.68. The van der Waals surface area contributed by atoms with Crippen molar-refractivity contribution in [1.29, 1.82) is 0 Å². The third-order valence-electron chi connectivity index (χ3n) is 2.23. The first-order valence-electron chi connectivity index (χ1n) is 5.50. The number of rotatable bonds is 5. The third-order valence-corrected chi connectivity index (χ3v) is 2.23. The summed E-state index contributed by atoms with van der Waals surface area (Å²) in [6.07, 6.45) is 0. The van der Waals surface area contributed by atoms with Gasteiger partial charge in [0.15, 0.2) is 0 Å². The van der Waals surface area contributed by atoms with Crippen LogP contribution in [-0.2, 0) is 19.1 Å². The van der Waals surface area contributed by atoms with E-state index in [0.717, 1.165) is 5.56 Å². The molecule has 4 nitrogen and oxygen atoms in total. The molecule has 0 radical (unpaired) electrons. The van der Waals surface area contributed by atoms with E-state index >= 15 is 0 Å². The molecule has 0 saturated heterocycles. The first kappa shape index (κ1) is 13.2. The average Bonchev–Trinajstić information content (AvgIpc) is 2.30. The number of carbonyl (C=O) groups excluding carboxylic acids is 2. The predicted octanol–water partition coefficient (Wildman–Crippen LogP) is 1.90. The van der Waals surface area contributed by atoms with Crippen LogP contribution in [0.3, 0.4) is 0 Å². The van der Waals surface area contributed by atoms with E-state index in [2.05, 4.69) is 0 Å². The van der Waals surface area contributed by atoms with Gasteiger partial charge in [0, 0.05) is 6.92 Å². The van der Waals surface area contributed by atoms with Crippen molar-refractivity contribution in [3.8, 4) is 0 Å². The Morgan fingerprint density at radius 3 is 2.35 bits per heavy atom. The Morgan fingerprint density at radius 2 is 1.82 bits per heavy atom. The highest BCUT2D eigenvalue weighted by Gasteiger charge is 2.23. The Bertz CT molecular complexity index is 372. The molecular formula is C13H16O4. The molecule has 1 aromatic rings. The molecule has 0 fully saturated rings. The molecule has 4 heteroatoms. The van der Waals surface area contributed by atoms with Crippen molar-refractivity contribution in [3.05, 3.63) is 35.9 Å². The number of ether oxygens (including phenoxy) is 2. The fourth-order valence-electron chi connectivity index (χ4n) is 1.43. The Labute approximate surface area is 101 Å². The van der Waals surface area contributed by atoms with E-state index in [1.54, 1.807) is 6.92 Å². The summed E-state index contributed by atoms with van der Waals surface area (Å²) in [5, 5.41) is 0. The van der Waals surface area contributed by atoms with Crippen LogP contribution in [-0.4, -0.2) is 25.2 Å². The lowest BCUT2D eigenvalue weighted by Gasteiger charge is -2.15. The van der Waals surface area contributed by atoms with Gasteiger partial charge in [0.2, 0.25) is 0 Å². The van der Waals surface area contributed by atoms with Gasteiger partial charge in [0.05, 0.1) is 6.61 Å². The zero-order chi connectivity index (χ0) is 12.7. The van der Waals surface area contributed by atoms with Gasteiger partial charge < -0.3 is 9.47 Å². The maximum atomic E-state index is 11.7. The normalized spacial score (nSPS) is 11.6. The van der Waals surface area contributed by atoms with Gasteiger partial charge in [-0.25, -0.2) is 0 Å². The van der Waals surface area contributed by atoms with Gasteiger partial charge in [0.1, 0.15) is 12.5 Å². The van der Waals surface area contributed by atoms with E-state index in [9.17, 15) is 9.59 Å². The maximum Gasteiger partial charge on any atom is 0.316 e. The summed E-state index contributed by atoms with van der Waals surface area (Å²) in [6, 6.07) is 9.14. The minimum atomic E-state index is -0.556. The summed E-state index contributed by atoms with van der Waals surface area (Å²) in [5.74, 6) is -1.34. The van der Waals surface area contributed by atoms with E-state index < -0.39 is 11.9 Å². The van der Waals surface area contributed by atoms with Gasteiger partial charge in [-0.05, 0) is 12.5 Å². The first-order valence-corrected chi connectivity index (χ1v) is 5.50. The van der Waals surface area contributed by atoms with Crippen LogP contribution >= 0.6 is 0 Å². The molecule has 0 amide bonds. The van der Waals surface area contributed by atoms with Gasteiger partial charge in [-0.1, -0.05) is 30.3 Å². The molecule has 0 aromatic heterocycles. The van der Waals surface area contributed by atoms with Gasteiger partial charge >= 0.3 is 11.9 Å². The summed E-state index contributed by atoms with van der Waals surface area (Å²) in [5.41, 5.74) is 0.784. The Morgan fingerprint density at radius 1 is 1.18 bits per heavy atom. The molecule has 0 aliphatic heterocycles. The van der Waals surface area contributed by atoms with Crippen LogP contribution in [0.4, 0.5) is 0 Å². The van der Waals surface area contributed by atoms with E-state index in [1.165, 1.54) is 6.92 Å². The molecule has 0 aliphatic rings. The molecule has 0 spiro atoms. The SMILES string of the molecule is CCOC(=O)[C@H](COC(C)=O)c1ccccc1. The van der Waals surface area contributed by atoms with Crippen LogP contribution < -0.4 is 0 Å². The zero-order valence-electron chi connectivity index (χ0n) is 10.0. The average molecular weight is 236 g/mol. The smallest absolute Gasteiger partial charge is 0.316 e. The summed E-state index contributed by atoms with van der Waals surface area (Å²) < 4.78 is 9.85. The molecule has 0 aliphatic carbocycles. The lowest BCUT2D eigenvalue weighted by molar-refractivity contribution is -0.150. The van der Waals surface area contributed by atoms with E-state index in [1.807, 2.05) is 30.3 Å². The monoisotopic (exact) mass is 236 g/mol. The van der Waals surface area contributed by atoms with Gasteiger partial charge in [-0.3, -0.25) is 9.59 Å².